The number of aryl methyl sites for hydroxylation is 2. The van der Waals surface area contributed by atoms with E-state index in [4.69, 9.17) is 9.15 Å². The average Bonchev–Trinajstić information content (AvgIpc) is 3.12. The molecule has 1 N–H and O–H groups in total. The molecule has 1 unspecified atom stereocenters. The van der Waals surface area contributed by atoms with Crippen LogP contribution in [0, 0.1) is 13.8 Å². The van der Waals surface area contributed by atoms with E-state index in [1.165, 1.54) is 11.1 Å². The Hall–Kier alpha value is -2.63. The van der Waals surface area contributed by atoms with E-state index >= 15 is 0 Å². The van der Waals surface area contributed by atoms with E-state index in [1.54, 1.807) is 0 Å². The molecule has 2 heterocycles. The zero-order valence-electron chi connectivity index (χ0n) is 16.4. The highest BCUT2D eigenvalue weighted by Gasteiger charge is 2.24. The van der Waals surface area contributed by atoms with Gasteiger partial charge in [0.2, 0.25) is 0 Å². The highest BCUT2D eigenvalue weighted by Crippen LogP contribution is 2.23. The summed E-state index contributed by atoms with van der Waals surface area (Å²) in [6.07, 6.45) is 0. The van der Waals surface area contributed by atoms with Crippen LogP contribution in [0.1, 0.15) is 33.3 Å². The lowest BCUT2D eigenvalue weighted by molar-refractivity contribution is 0.0161. The Morgan fingerprint density at radius 2 is 1.86 bits per heavy atom. The maximum Gasteiger partial charge on any atom is 0.287 e. The third kappa shape index (κ3) is 4.11. The summed E-state index contributed by atoms with van der Waals surface area (Å²) in [6, 6.07) is 16.3. The molecule has 146 valence electrons. The van der Waals surface area contributed by atoms with Crippen LogP contribution < -0.4 is 5.32 Å². The second-order valence-corrected chi connectivity index (χ2v) is 7.44. The molecule has 1 amide bonds. The molecule has 5 nitrogen and oxygen atoms in total. The van der Waals surface area contributed by atoms with Crippen molar-refractivity contribution in [1.82, 2.24) is 10.2 Å². The van der Waals surface area contributed by atoms with Crippen LogP contribution in [0.15, 0.2) is 52.9 Å². The monoisotopic (exact) mass is 378 g/mol. The van der Waals surface area contributed by atoms with Crippen molar-refractivity contribution in [2.24, 2.45) is 0 Å². The minimum absolute atomic E-state index is 0.111. The zero-order valence-corrected chi connectivity index (χ0v) is 16.4. The summed E-state index contributed by atoms with van der Waals surface area (Å²) < 4.78 is 11.2. The number of morpholine rings is 1. The van der Waals surface area contributed by atoms with Gasteiger partial charge in [0.05, 0.1) is 19.3 Å². The van der Waals surface area contributed by atoms with Crippen molar-refractivity contribution in [3.05, 3.63) is 71.0 Å². The maximum absolute atomic E-state index is 12.7. The molecule has 0 bridgehead atoms. The highest BCUT2D eigenvalue weighted by molar-refractivity contribution is 5.96. The molecule has 0 aliphatic carbocycles. The highest BCUT2D eigenvalue weighted by atomic mass is 16.5. The summed E-state index contributed by atoms with van der Waals surface area (Å²) in [5.74, 6) is 0.172. The van der Waals surface area contributed by atoms with Crippen LogP contribution in [-0.2, 0) is 4.74 Å². The molecular weight excluding hydrogens is 352 g/mol. The van der Waals surface area contributed by atoms with Crippen molar-refractivity contribution < 1.29 is 13.9 Å². The summed E-state index contributed by atoms with van der Waals surface area (Å²) in [4.78, 5) is 15.1. The minimum Gasteiger partial charge on any atom is -0.451 e. The van der Waals surface area contributed by atoms with Crippen LogP contribution in [0.2, 0.25) is 0 Å². The Bertz CT molecular complexity index is 973. The molecule has 28 heavy (non-hydrogen) atoms. The lowest BCUT2D eigenvalue weighted by atomic mass is 10.0. The van der Waals surface area contributed by atoms with Gasteiger partial charge < -0.3 is 14.5 Å². The first-order valence-corrected chi connectivity index (χ1v) is 9.77. The molecule has 0 radical (unpaired) electrons. The molecule has 3 aromatic rings. The number of hydrogen-bond acceptors (Lipinski definition) is 4. The Morgan fingerprint density at radius 3 is 2.64 bits per heavy atom. The summed E-state index contributed by atoms with van der Waals surface area (Å²) in [7, 11) is 0. The topological polar surface area (TPSA) is 54.7 Å². The number of carbonyl (C=O) groups excluding carboxylic acids is 1. The molecule has 5 heteroatoms. The fraction of sp³-hybridized carbons (Fsp3) is 0.348. The number of furan rings is 1. The Morgan fingerprint density at radius 1 is 1.07 bits per heavy atom. The van der Waals surface area contributed by atoms with E-state index in [-0.39, 0.29) is 11.9 Å². The SMILES string of the molecule is Cc1cccc(C(CNC(=O)c2cc3cc(C)ccc3o2)N2CCOCC2)c1. The Kier molecular flexibility index (Phi) is 5.46. The van der Waals surface area contributed by atoms with Gasteiger partial charge >= 0.3 is 0 Å². The predicted molar refractivity (Wildman–Crippen MR) is 110 cm³/mol. The largest absolute Gasteiger partial charge is 0.451 e. The lowest BCUT2D eigenvalue weighted by Crippen LogP contribution is -2.43. The van der Waals surface area contributed by atoms with Gasteiger partial charge in [-0.2, -0.15) is 0 Å². The second-order valence-electron chi connectivity index (χ2n) is 7.44. The van der Waals surface area contributed by atoms with Gasteiger partial charge in [-0.25, -0.2) is 0 Å². The van der Waals surface area contributed by atoms with Crippen LogP contribution in [0.3, 0.4) is 0 Å². The van der Waals surface area contributed by atoms with Crippen molar-refractivity contribution in [2.75, 3.05) is 32.8 Å². The third-order valence-electron chi connectivity index (χ3n) is 5.26. The first kappa shape index (κ1) is 18.7. The number of nitrogens with one attached hydrogen (secondary N) is 1. The quantitative estimate of drug-likeness (QED) is 0.733. The van der Waals surface area contributed by atoms with Crippen molar-refractivity contribution in [3.63, 3.8) is 0 Å². The van der Waals surface area contributed by atoms with Crippen molar-refractivity contribution >= 4 is 16.9 Å². The van der Waals surface area contributed by atoms with Gasteiger partial charge in [-0.05, 0) is 37.6 Å². The molecule has 1 atom stereocenters. The van der Waals surface area contributed by atoms with E-state index in [2.05, 4.69) is 41.4 Å². The molecule has 2 aromatic carbocycles. The summed E-state index contributed by atoms with van der Waals surface area (Å²) in [5.41, 5.74) is 4.31. The van der Waals surface area contributed by atoms with Gasteiger partial charge in [0.25, 0.3) is 5.91 Å². The van der Waals surface area contributed by atoms with Crippen LogP contribution in [0.5, 0.6) is 0 Å². The number of rotatable bonds is 5. The average molecular weight is 378 g/mol. The zero-order chi connectivity index (χ0) is 19.5. The van der Waals surface area contributed by atoms with E-state index in [1.807, 2.05) is 31.2 Å². The van der Waals surface area contributed by atoms with E-state index < -0.39 is 0 Å². The van der Waals surface area contributed by atoms with Gasteiger partial charge in [0.1, 0.15) is 5.58 Å². The third-order valence-corrected chi connectivity index (χ3v) is 5.26. The van der Waals surface area contributed by atoms with Gasteiger partial charge in [-0.1, -0.05) is 41.5 Å². The molecule has 1 saturated heterocycles. The molecule has 1 fully saturated rings. The number of benzene rings is 2. The first-order chi connectivity index (χ1) is 13.6. The summed E-state index contributed by atoms with van der Waals surface area (Å²) >= 11 is 0. The molecule has 4 rings (SSSR count). The van der Waals surface area contributed by atoms with E-state index in [0.717, 1.165) is 42.8 Å². The molecular formula is C23H26N2O3. The number of ether oxygens (including phenoxy) is 1. The maximum atomic E-state index is 12.7. The van der Waals surface area contributed by atoms with Gasteiger partial charge in [0.15, 0.2) is 5.76 Å². The van der Waals surface area contributed by atoms with Gasteiger partial charge in [0, 0.05) is 25.0 Å². The number of fused-ring (bicyclic) bond motifs is 1. The normalized spacial score (nSPS) is 16.2. The van der Waals surface area contributed by atoms with Crippen molar-refractivity contribution in [1.29, 1.82) is 0 Å². The van der Waals surface area contributed by atoms with Crippen LogP contribution in [-0.4, -0.2) is 43.7 Å². The van der Waals surface area contributed by atoms with E-state index in [0.29, 0.717) is 12.3 Å². The van der Waals surface area contributed by atoms with Crippen LogP contribution in [0.25, 0.3) is 11.0 Å². The number of carbonyl (C=O) groups is 1. The molecule has 0 spiro atoms. The number of hydrogen-bond donors (Lipinski definition) is 1. The van der Waals surface area contributed by atoms with Crippen LogP contribution >= 0.6 is 0 Å². The molecule has 0 saturated carbocycles. The van der Waals surface area contributed by atoms with E-state index in [9.17, 15) is 4.79 Å². The van der Waals surface area contributed by atoms with Gasteiger partial charge in [-0.15, -0.1) is 0 Å². The second kappa shape index (κ2) is 8.17. The summed E-state index contributed by atoms with van der Waals surface area (Å²) in [6.45, 7) is 7.81. The Labute approximate surface area is 165 Å². The molecule has 1 aliphatic rings. The first-order valence-electron chi connectivity index (χ1n) is 9.77. The Balaban J connectivity index is 1.51. The number of amides is 1. The standard InChI is InChI=1S/C23H26N2O3/c1-16-4-3-5-18(12-16)20(25-8-10-27-11-9-25)15-24-23(26)22-14-19-13-17(2)6-7-21(19)28-22/h3-7,12-14,20H,8-11,15H2,1-2H3,(H,24,26). The molecule has 1 aliphatic heterocycles. The number of nitrogens with zero attached hydrogens (tertiary/aromatic N) is 1. The molecule has 1 aromatic heterocycles. The smallest absolute Gasteiger partial charge is 0.287 e. The van der Waals surface area contributed by atoms with Gasteiger partial charge in [-0.3, -0.25) is 9.69 Å². The van der Waals surface area contributed by atoms with Crippen LogP contribution in [0.4, 0.5) is 0 Å². The van der Waals surface area contributed by atoms with Crippen molar-refractivity contribution in [3.8, 4) is 0 Å². The minimum atomic E-state index is -0.181. The lowest BCUT2D eigenvalue weighted by Gasteiger charge is -2.35. The fourth-order valence-electron chi connectivity index (χ4n) is 3.78. The fourth-order valence-corrected chi connectivity index (χ4v) is 3.78. The summed E-state index contributed by atoms with van der Waals surface area (Å²) in [5, 5.41) is 4.03. The predicted octanol–water partition coefficient (Wildman–Crippen LogP) is 3.85. The van der Waals surface area contributed by atoms with Crippen molar-refractivity contribution in [2.45, 2.75) is 19.9 Å².